The molecule has 7 nitrogen and oxygen atoms in total. The van der Waals surface area contributed by atoms with E-state index < -0.39 is 11.7 Å². The van der Waals surface area contributed by atoms with E-state index >= 15 is 0 Å². The molecule has 1 aromatic carbocycles. The second kappa shape index (κ2) is 7.94. The predicted molar refractivity (Wildman–Crippen MR) is 110 cm³/mol. The molecule has 2 saturated heterocycles. The summed E-state index contributed by atoms with van der Waals surface area (Å²) in [7, 11) is 0. The van der Waals surface area contributed by atoms with Gasteiger partial charge in [-0.25, -0.2) is 14.8 Å². The van der Waals surface area contributed by atoms with Gasteiger partial charge < -0.3 is 15.4 Å². The Kier molecular flexibility index (Phi) is 5.81. The van der Waals surface area contributed by atoms with Gasteiger partial charge in [-0.15, -0.1) is 0 Å². The lowest BCUT2D eigenvalue weighted by molar-refractivity contribution is -0.00759. The lowest BCUT2D eigenvalue weighted by atomic mass is 10.1. The van der Waals surface area contributed by atoms with Crippen LogP contribution in [-0.2, 0) is 4.74 Å². The minimum atomic E-state index is -0.543. The summed E-state index contributed by atoms with van der Waals surface area (Å²) in [5.41, 5.74) is 8.99. The predicted octanol–water partition coefficient (Wildman–Crippen LogP) is 3.06. The van der Waals surface area contributed by atoms with Crippen molar-refractivity contribution in [1.82, 2.24) is 10.0 Å². The van der Waals surface area contributed by atoms with E-state index in [1.807, 2.05) is 32.9 Å². The molecule has 3 rings (SSSR count). The van der Waals surface area contributed by atoms with E-state index in [2.05, 4.69) is 27.2 Å². The Morgan fingerprint density at radius 3 is 2.22 bits per heavy atom. The second-order valence-corrected chi connectivity index (χ2v) is 8.45. The number of hydrogen-bond donors (Lipinski definition) is 2. The molecule has 0 saturated carbocycles. The third kappa shape index (κ3) is 5.05. The third-order valence-corrected chi connectivity index (χ3v) is 5.08. The molecule has 0 atom stereocenters. The number of nitrogens with zero attached hydrogens (tertiary/aromatic N) is 3. The first-order valence-electron chi connectivity index (χ1n) is 9.88. The highest BCUT2D eigenvalue weighted by atomic mass is 16.6. The fourth-order valence-electron chi connectivity index (χ4n) is 3.78. The standard InChI is InChI=1S/C20H33N5O2/c1-15-13-16(21)17(22-19(26)27-20(2,3)4)14-18(15)23-9-11-25(12-10-23)24-7-5-6-8-24/h13-14H,5-12,21H2,1-4H3,(H,22,26). The van der Waals surface area contributed by atoms with Crippen molar-refractivity contribution in [2.75, 3.05) is 55.2 Å². The largest absolute Gasteiger partial charge is 0.444 e. The zero-order valence-electron chi connectivity index (χ0n) is 17.0. The number of hydrazine groups is 1. The van der Waals surface area contributed by atoms with Crippen molar-refractivity contribution < 1.29 is 9.53 Å². The lowest BCUT2D eigenvalue weighted by Gasteiger charge is -2.41. The van der Waals surface area contributed by atoms with E-state index in [0.717, 1.165) is 37.4 Å². The van der Waals surface area contributed by atoms with Gasteiger partial charge in [-0.3, -0.25) is 5.32 Å². The highest BCUT2D eigenvalue weighted by Crippen LogP contribution is 2.31. The van der Waals surface area contributed by atoms with Crippen LogP contribution < -0.4 is 16.0 Å². The van der Waals surface area contributed by atoms with Gasteiger partial charge in [0.1, 0.15) is 5.60 Å². The van der Waals surface area contributed by atoms with Gasteiger partial charge in [-0.1, -0.05) is 0 Å². The van der Waals surface area contributed by atoms with E-state index in [1.54, 1.807) is 0 Å². The van der Waals surface area contributed by atoms with Gasteiger partial charge in [0.2, 0.25) is 0 Å². The molecule has 0 spiro atoms. The van der Waals surface area contributed by atoms with E-state index in [4.69, 9.17) is 10.5 Å². The Hall–Kier alpha value is -1.99. The van der Waals surface area contributed by atoms with Crippen molar-refractivity contribution in [3.63, 3.8) is 0 Å². The van der Waals surface area contributed by atoms with Crippen molar-refractivity contribution in [2.24, 2.45) is 0 Å². The average Bonchev–Trinajstić information content (AvgIpc) is 3.10. The molecule has 2 aliphatic heterocycles. The molecule has 2 heterocycles. The number of rotatable bonds is 3. The SMILES string of the molecule is Cc1cc(N)c(NC(=O)OC(C)(C)C)cc1N1CCN(N2CCCC2)CC1. The maximum absolute atomic E-state index is 12.1. The first-order chi connectivity index (χ1) is 12.7. The zero-order chi connectivity index (χ0) is 19.6. The van der Waals surface area contributed by atoms with Crippen LogP contribution in [0.25, 0.3) is 0 Å². The highest BCUT2D eigenvalue weighted by molar-refractivity contribution is 5.91. The summed E-state index contributed by atoms with van der Waals surface area (Å²) in [5.74, 6) is 0. The Morgan fingerprint density at radius 1 is 1.04 bits per heavy atom. The molecule has 0 radical (unpaired) electrons. The molecule has 1 aromatic rings. The number of nitrogen functional groups attached to an aromatic ring is 1. The molecule has 2 fully saturated rings. The topological polar surface area (TPSA) is 74.1 Å². The molecule has 0 aliphatic carbocycles. The third-order valence-electron chi connectivity index (χ3n) is 5.08. The Balaban J connectivity index is 1.68. The van der Waals surface area contributed by atoms with E-state index in [9.17, 15) is 4.79 Å². The summed E-state index contributed by atoms with van der Waals surface area (Å²) in [4.78, 5) is 14.5. The number of carbonyl (C=O) groups is 1. The van der Waals surface area contributed by atoms with Crippen LogP contribution in [0.5, 0.6) is 0 Å². The summed E-state index contributed by atoms with van der Waals surface area (Å²) in [5, 5.41) is 7.77. The Bertz CT molecular complexity index is 672. The van der Waals surface area contributed by atoms with Crippen molar-refractivity contribution in [1.29, 1.82) is 0 Å². The minimum Gasteiger partial charge on any atom is -0.444 e. The van der Waals surface area contributed by atoms with Crippen molar-refractivity contribution in [3.05, 3.63) is 17.7 Å². The number of nitrogens with two attached hydrogens (primary N) is 1. The van der Waals surface area contributed by atoms with Crippen molar-refractivity contribution >= 4 is 23.2 Å². The number of aryl methyl sites for hydroxylation is 1. The van der Waals surface area contributed by atoms with Gasteiger partial charge in [0.25, 0.3) is 0 Å². The summed E-state index contributed by atoms with van der Waals surface area (Å²) >= 11 is 0. The molecule has 150 valence electrons. The Labute approximate surface area is 162 Å². The van der Waals surface area contributed by atoms with Crippen LogP contribution in [0.15, 0.2) is 12.1 Å². The molecule has 27 heavy (non-hydrogen) atoms. The van der Waals surface area contributed by atoms with Gasteiger partial charge in [-0.2, -0.15) is 0 Å². The monoisotopic (exact) mass is 375 g/mol. The number of benzene rings is 1. The van der Waals surface area contributed by atoms with Gasteiger partial charge >= 0.3 is 6.09 Å². The number of piperazine rings is 1. The summed E-state index contributed by atoms with van der Waals surface area (Å²) in [6, 6.07) is 3.90. The zero-order valence-corrected chi connectivity index (χ0v) is 17.0. The molecular weight excluding hydrogens is 342 g/mol. The van der Waals surface area contributed by atoms with E-state index in [-0.39, 0.29) is 0 Å². The van der Waals surface area contributed by atoms with Crippen LogP contribution in [0.2, 0.25) is 0 Å². The van der Waals surface area contributed by atoms with Gasteiger partial charge in [-0.05, 0) is 58.2 Å². The number of ether oxygens (including phenoxy) is 1. The molecule has 7 heteroatoms. The highest BCUT2D eigenvalue weighted by Gasteiger charge is 2.25. The normalized spacial score (nSPS) is 19.3. The maximum atomic E-state index is 12.1. The van der Waals surface area contributed by atoms with E-state index in [0.29, 0.717) is 11.4 Å². The summed E-state index contributed by atoms with van der Waals surface area (Å²) in [6.45, 7) is 14.0. The molecule has 0 bridgehead atoms. The minimum absolute atomic E-state index is 0.483. The summed E-state index contributed by atoms with van der Waals surface area (Å²) in [6.07, 6.45) is 2.12. The van der Waals surface area contributed by atoms with Crippen LogP contribution in [0.3, 0.4) is 0 Å². The van der Waals surface area contributed by atoms with Crippen LogP contribution in [0.4, 0.5) is 21.9 Å². The smallest absolute Gasteiger partial charge is 0.412 e. The van der Waals surface area contributed by atoms with Crippen LogP contribution in [-0.4, -0.2) is 61.0 Å². The first kappa shape index (κ1) is 19.8. The van der Waals surface area contributed by atoms with Crippen LogP contribution in [0.1, 0.15) is 39.2 Å². The van der Waals surface area contributed by atoms with Crippen molar-refractivity contribution in [3.8, 4) is 0 Å². The molecule has 1 amide bonds. The first-order valence-corrected chi connectivity index (χ1v) is 9.88. The Morgan fingerprint density at radius 2 is 1.63 bits per heavy atom. The average molecular weight is 376 g/mol. The quantitative estimate of drug-likeness (QED) is 0.791. The molecule has 3 N–H and O–H groups in total. The molecule has 2 aliphatic rings. The fraction of sp³-hybridized carbons (Fsp3) is 0.650. The molecular formula is C20H33N5O2. The van der Waals surface area contributed by atoms with Crippen molar-refractivity contribution in [2.45, 2.75) is 46.1 Å². The molecule has 0 unspecified atom stereocenters. The lowest BCUT2D eigenvalue weighted by Crippen LogP contribution is -2.53. The number of amides is 1. The number of nitrogens with one attached hydrogen (secondary N) is 1. The second-order valence-electron chi connectivity index (χ2n) is 8.45. The fourth-order valence-corrected chi connectivity index (χ4v) is 3.78. The summed E-state index contributed by atoms with van der Waals surface area (Å²) < 4.78 is 5.35. The van der Waals surface area contributed by atoms with Gasteiger partial charge in [0.05, 0.1) is 11.4 Å². The number of hydrogen-bond acceptors (Lipinski definition) is 6. The van der Waals surface area contributed by atoms with Crippen LogP contribution >= 0.6 is 0 Å². The molecule has 0 aromatic heterocycles. The maximum Gasteiger partial charge on any atom is 0.412 e. The van der Waals surface area contributed by atoms with Gasteiger partial charge in [0.15, 0.2) is 0 Å². The number of anilines is 3. The number of carbonyl (C=O) groups excluding carboxylic acids is 1. The van der Waals surface area contributed by atoms with Crippen LogP contribution in [0, 0.1) is 6.92 Å². The van der Waals surface area contributed by atoms with E-state index in [1.165, 1.54) is 25.9 Å². The van der Waals surface area contributed by atoms with Gasteiger partial charge in [0, 0.05) is 45.0 Å².